The zero-order valence-corrected chi connectivity index (χ0v) is 41.1. The molecular formula is C54H94N2O8. The van der Waals surface area contributed by atoms with E-state index in [1.807, 2.05) is 0 Å². The smallest absolute Gasteiger partial charge is 0.407 e. The first-order valence-electron chi connectivity index (χ1n) is 26.1. The topological polar surface area (TPSA) is 120 Å². The molecule has 1 N–H and O–H groups in total. The number of hydrogen-bond acceptors (Lipinski definition) is 9. The number of unbranched alkanes of at least 4 members (excludes halogenated alkanes) is 17. The van der Waals surface area contributed by atoms with Gasteiger partial charge in [0.1, 0.15) is 19.3 Å². The van der Waals surface area contributed by atoms with Crippen molar-refractivity contribution in [2.75, 3.05) is 39.4 Å². The summed E-state index contributed by atoms with van der Waals surface area (Å²) in [5.74, 6) is -1.22. The van der Waals surface area contributed by atoms with Crippen molar-refractivity contribution in [1.82, 2.24) is 10.2 Å². The van der Waals surface area contributed by atoms with Gasteiger partial charge in [-0.3, -0.25) is 14.4 Å². The first-order chi connectivity index (χ1) is 31.4. The van der Waals surface area contributed by atoms with Crippen LogP contribution in [0.15, 0.2) is 48.6 Å². The number of hydrogen-bond donors (Lipinski definition) is 1. The Bertz CT molecular complexity index is 1200. The van der Waals surface area contributed by atoms with Crippen molar-refractivity contribution >= 4 is 24.0 Å². The number of alkyl carbamates (subject to hydrolysis) is 1. The van der Waals surface area contributed by atoms with Crippen LogP contribution >= 0.6 is 0 Å². The molecule has 1 heterocycles. The van der Waals surface area contributed by atoms with E-state index >= 15 is 0 Å². The van der Waals surface area contributed by atoms with Crippen LogP contribution in [0, 0.1) is 0 Å². The lowest BCUT2D eigenvalue weighted by Gasteiger charge is -2.21. The van der Waals surface area contributed by atoms with E-state index in [2.05, 4.69) is 79.6 Å². The van der Waals surface area contributed by atoms with Crippen molar-refractivity contribution in [3.63, 3.8) is 0 Å². The molecule has 0 aromatic carbocycles. The highest BCUT2D eigenvalue weighted by molar-refractivity contribution is 5.71. The van der Waals surface area contributed by atoms with E-state index in [9.17, 15) is 19.2 Å². The molecule has 368 valence electrons. The van der Waals surface area contributed by atoms with Gasteiger partial charge >= 0.3 is 24.0 Å². The first-order valence-corrected chi connectivity index (χ1v) is 26.1. The molecule has 1 aliphatic heterocycles. The minimum atomic E-state index is -0.918. The molecule has 0 spiro atoms. The van der Waals surface area contributed by atoms with Crippen molar-refractivity contribution in [3.05, 3.63) is 48.6 Å². The van der Waals surface area contributed by atoms with E-state index in [4.69, 9.17) is 18.9 Å². The van der Waals surface area contributed by atoms with Gasteiger partial charge in [-0.15, -0.1) is 0 Å². The average molecular weight is 899 g/mol. The summed E-state index contributed by atoms with van der Waals surface area (Å²) in [5, 5.41) is 2.85. The van der Waals surface area contributed by atoms with Crippen LogP contribution in [-0.4, -0.2) is 80.5 Å². The van der Waals surface area contributed by atoms with Gasteiger partial charge in [0.2, 0.25) is 0 Å². The van der Waals surface area contributed by atoms with Gasteiger partial charge in [0, 0.05) is 32.4 Å². The van der Waals surface area contributed by atoms with Crippen molar-refractivity contribution < 1.29 is 38.1 Å². The van der Waals surface area contributed by atoms with E-state index in [1.165, 1.54) is 64.2 Å². The van der Waals surface area contributed by atoms with Crippen molar-refractivity contribution in [1.29, 1.82) is 0 Å². The molecule has 0 aromatic rings. The molecule has 1 aliphatic rings. The van der Waals surface area contributed by atoms with Gasteiger partial charge in [-0.1, -0.05) is 146 Å². The van der Waals surface area contributed by atoms with Crippen molar-refractivity contribution in [3.8, 4) is 0 Å². The number of carbonyl (C=O) groups excluding carboxylic acids is 4. The Balaban J connectivity index is 2.48. The number of carbonyl (C=O) groups is 4. The maximum Gasteiger partial charge on any atom is 0.407 e. The highest BCUT2D eigenvalue weighted by Crippen LogP contribution is 2.15. The molecule has 0 aromatic heterocycles. The predicted octanol–water partition coefficient (Wildman–Crippen LogP) is 13.8. The molecule has 0 bridgehead atoms. The van der Waals surface area contributed by atoms with E-state index in [0.717, 1.165) is 122 Å². The first kappa shape index (κ1) is 58.6. The number of amides is 1. The van der Waals surface area contributed by atoms with E-state index in [0.29, 0.717) is 19.4 Å². The van der Waals surface area contributed by atoms with Crippen LogP contribution in [-0.2, 0) is 33.3 Å². The molecule has 10 nitrogen and oxygen atoms in total. The van der Waals surface area contributed by atoms with Crippen molar-refractivity contribution in [2.24, 2.45) is 0 Å². The normalized spacial score (nSPS) is 13.8. The second-order valence-electron chi connectivity index (χ2n) is 17.6. The van der Waals surface area contributed by atoms with E-state index in [-0.39, 0.29) is 44.4 Å². The van der Waals surface area contributed by atoms with Crippen LogP contribution in [0.5, 0.6) is 0 Å². The number of rotatable bonds is 43. The lowest BCUT2D eigenvalue weighted by Crippen LogP contribution is -2.36. The summed E-state index contributed by atoms with van der Waals surface area (Å²) in [6.07, 6.45) is 46.2. The van der Waals surface area contributed by atoms with E-state index in [1.54, 1.807) is 0 Å². The Morgan fingerprint density at radius 1 is 0.484 bits per heavy atom. The number of nitrogens with one attached hydrogen (secondary N) is 1. The SMILES string of the molecule is CCCCC/C=C\C/C=C\CCCCCCCC(=O)OCC(COC(=O)CCCCCCC/C=C\C/C=C\CCCCC)OC(=O)CCC(CCCC)OC(=O)NCCN1CCCC1. The summed E-state index contributed by atoms with van der Waals surface area (Å²) in [4.78, 5) is 53.4. The minimum absolute atomic E-state index is 0.0196. The Hall–Kier alpha value is -3.40. The van der Waals surface area contributed by atoms with Crippen LogP contribution in [0.3, 0.4) is 0 Å². The molecule has 1 saturated heterocycles. The lowest BCUT2D eigenvalue weighted by molar-refractivity contribution is -0.167. The molecule has 10 heteroatoms. The van der Waals surface area contributed by atoms with Gasteiger partial charge in [0.25, 0.3) is 0 Å². The fourth-order valence-electron chi connectivity index (χ4n) is 7.53. The van der Waals surface area contributed by atoms with Gasteiger partial charge in [-0.2, -0.15) is 0 Å². The molecule has 1 rings (SSSR count). The monoisotopic (exact) mass is 899 g/mol. The molecule has 0 aliphatic carbocycles. The largest absolute Gasteiger partial charge is 0.462 e. The van der Waals surface area contributed by atoms with Crippen LogP contribution in [0.2, 0.25) is 0 Å². The van der Waals surface area contributed by atoms with Gasteiger partial charge in [-0.05, 0) is 116 Å². The standard InChI is InChI=1S/C54H94N2O8/c1-4-7-10-12-14-16-18-20-22-24-26-28-30-32-34-39-51(57)61-47-50(48-62-52(58)40-35-33-31-29-27-25-23-21-19-17-15-13-11-8-5-2)63-53(59)42-41-49(38-9-6-3)64-54(60)55-43-46-56-44-36-37-45-56/h14-17,20-23,49-50H,4-13,18-19,24-48H2,1-3H3,(H,55,60)/b16-14-,17-15-,22-20-,23-21-. The van der Waals surface area contributed by atoms with E-state index < -0.39 is 24.3 Å². The summed E-state index contributed by atoms with van der Waals surface area (Å²) >= 11 is 0. The number of nitrogens with zero attached hydrogens (tertiary/aromatic N) is 1. The Labute approximate surface area is 391 Å². The molecule has 0 saturated carbocycles. The highest BCUT2D eigenvalue weighted by Gasteiger charge is 2.22. The number of esters is 3. The second-order valence-corrected chi connectivity index (χ2v) is 17.6. The Morgan fingerprint density at radius 2 is 0.938 bits per heavy atom. The predicted molar refractivity (Wildman–Crippen MR) is 263 cm³/mol. The summed E-state index contributed by atoms with van der Waals surface area (Å²) < 4.78 is 22.5. The maximum absolute atomic E-state index is 13.1. The molecule has 1 unspecified atom stereocenters. The number of allylic oxidation sites excluding steroid dienone is 8. The van der Waals surface area contributed by atoms with Crippen molar-refractivity contribution in [2.45, 2.75) is 232 Å². The van der Waals surface area contributed by atoms with Gasteiger partial charge < -0.3 is 29.2 Å². The molecule has 64 heavy (non-hydrogen) atoms. The quantitative estimate of drug-likeness (QED) is 0.0276. The fourth-order valence-corrected chi connectivity index (χ4v) is 7.53. The molecule has 1 fully saturated rings. The third kappa shape index (κ3) is 39.0. The molecular weight excluding hydrogens is 805 g/mol. The van der Waals surface area contributed by atoms with Crippen LogP contribution in [0.1, 0.15) is 220 Å². The van der Waals surface area contributed by atoms with Gasteiger partial charge in [0.15, 0.2) is 6.10 Å². The maximum atomic E-state index is 13.1. The molecule has 1 amide bonds. The van der Waals surface area contributed by atoms with Crippen LogP contribution in [0.25, 0.3) is 0 Å². The summed E-state index contributed by atoms with van der Waals surface area (Å²) in [7, 11) is 0. The fraction of sp³-hybridized carbons (Fsp3) is 0.778. The van der Waals surface area contributed by atoms with Gasteiger partial charge in [-0.25, -0.2) is 4.79 Å². The Kier molecular flexibility index (Phi) is 41.0. The zero-order chi connectivity index (χ0) is 46.4. The summed E-state index contributed by atoms with van der Waals surface area (Å²) in [6, 6.07) is 0. The minimum Gasteiger partial charge on any atom is -0.462 e. The van der Waals surface area contributed by atoms with Gasteiger partial charge in [0.05, 0.1) is 0 Å². The number of likely N-dealkylation sites (tertiary alicyclic amines) is 1. The van der Waals surface area contributed by atoms with Crippen LogP contribution in [0.4, 0.5) is 4.79 Å². The summed E-state index contributed by atoms with van der Waals surface area (Å²) in [6.45, 7) is 9.60. The molecule has 1 atom stereocenters. The molecule has 0 radical (unpaired) electrons. The highest BCUT2D eigenvalue weighted by atomic mass is 16.6. The Morgan fingerprint density at radius 3 is 1.42 bits per heavy atom. The summed E-state index contributed by atoms with van der Waals surface area (Å²) in [5.41, 5.74) is 0. The second kappa shape index (κ2) is 44.8. The van der Waals surface area contributed by atoms with Crippen LogP contribution < -0.4 is 5.32 Å². The average Bonchev–Trinajstić information content (AvgIpc) is 3.81. The zero-order valence-electron chi connectivity index (χ0n) is 41.1. The third-order valence-electron chi connectivity index (χ3n) is 11.5. The lowest BCUT2D eigenvalue weighted by atomic mass is 10.1. The third-order valence-corrected chi connectivity index (χ3v) is 11.5. The number of ether oxygens (including phenoxy) is 4.